The number of aliphatic carboxylic acids is 1. The average molecular weight is 811 g/mol. The summed E-state index contributed by atoms with van der Waals surface area (Å²) in [5.41, 5.74) is 18.1. The quantitative estimate of drug-likeness (QED) is 0.0562. The summed E-state index contributed by atoms with van der Waals surface area (Å²) in [6, 6.07) is 5.77. The minimum atomic E-state index is -5.08. The van der Waals surface area contributed by atoms with Gasteiger partial charge in [-0.3, -0.25) is 24.0 Å². The molecule has 320 valence electrons. The van der Waals surface area contributed by atoms with Gasteiger partial charge in [-0.25, -0.2) is 9.78 Å². The molecular weight excluding hydrogens is 749 g/mol. The maximum absolute atomic E-state index is 13.6. The number of aryl methyl sites for hydroxylation is 1. The van der Waals surface area contributed by atoms with Crippen molar-refractivity contribution >= 4 is 41.5 Å². The van der Waals surface area contributed by atoms with Crippen LogP contribution in [-0.2, 0) is 41.6 Å². The number of hydrogen-bond donors (Lipinski definition) is 8. The molecule has 0 spiro atoms. The molecule has 2 aromatic rings. The minimum Gasteiger partial charge on any atom is -0.475 e. The fraction of sp³-hybridized carbons (Fsp3) is 0.615. The maximum Gasteiger partial charge on any atom is 0.490 e. The lowest BCUT2D eigenvalue weighted by Gasteiger charge is -2.25. The van der Waals surface area contributed by atoms with E-state index in [9.17, 15) is 37.1 Å². The lowest BCUT2D eigenvalue weighted by molar-refractivity contribution is -0.192. The molecule has 15 nitrogen and oxygen atoms in total. The van der Waals surface area contributed by atoms with Crippen molar-refractivity contribution in [2.45, 2.75) is 153 Å². The third kappa shape index (κ3) is 24.2. The van der Waals surface area contributed by atoms with E-state index < -0.39 is 53.9 Å². The van der Waals surface area contributed by atoms with Crippen LogP contribution in [0.15, 0.2) is 36.5 Å². The Bertz CT molecular complexity index is 1510. The van der Waals surface area contributed by atoms with Gasteiger partial charge >= 0.3 is 12.1 Å². The number of carbonyl (C=O) groups excluding carboxylic acids is 5. The molecule has 11 N–H and O–H groups in total. The third-order valence-electron chi connectivity index (χ3n) is 9.01. The first kappa shape index (κ1) is 49.9. The van der Waals surface area contributed by atoms with E-state index in [4.69, 9.17) is 27.1 Å². The summed E-state index contributed by atoms with van der Waals surface area (Å²) >= 11 is 0. The SMILES string of the molecule is CCCCCCCCCCCCCCCC(=O)N[C@@H](CCc1cnc(N)[nH]1)C(=O)N[C@@H](CCC(N)=O)C(=O)N[C@@H](Cc1ccccc1)C(N)=O.O=C(O)C(F)(F)F. The van der Waals surface area contributed by atoms with Crippen molar-refractivity contribution in [1.82, 2.24) is 25.9 Å². The molecule has 0 radical (unpaired) electrons. The topological polar surface area (TPSA) is 265 Å². The number of nitrogens with one attached hydrogen (secondary N) is 4. The number of nitrogen functional groups attached to an aromatic ring is 1. The lowest BCUT2D eigenvalue weighted by atomic mass is 10.0. The number of imidazole rings is 1. The van der Waals surface area contributed by atoms with Crippen LogP contribution in [0.1, 0.15) is 127 Å². The molecule has 1 heterocycles. The summed E-state index contributed by atoms with van der Waals surface area (Å²) in [6.45, 7) is 2.24. The Labute approximate surface area is 332 Å². The predicted molar refractivity (Wildman–Crippen MR) is 209 cm³/mol. The monoisotopic (exact) mass is 810 g/mol. The van der Waals surface area contributed by atoms with Crippen molar-refractivity contribution < 1.29 is 47.0 Å². The number of alkyl halides is 3. The van der Waals surface area contributed by atoms with E-state index in [0.29, 0.717) is 18.5 Å². The Balaban J connectivity index is 0.00000211. The molecule has 0 saturated carbocycles. The zero-order valence-corrected chi connectivity index (χ0v) is 32.8. The molecule has 0 aliphatic heterocycles. The van der Waals surface area contributed by atoms with Crippen LogP contribution in [0.3, 0.4) is 0 Å². The van der Waals surface area contributed by atoms with Gasteiger partial charge in [-0.05, 0) is 31.2 Å². The number of aromatic amines is 1. The number of carbonyl (C=O) groups is 6. The van der Waals surface area contributed by atoms with Crippen molar-refractivity contribution in [3.63, 3.8) is 0 Å². The standard InChI is InChI=1S/C37H60N8O5.C2HF3O2/c1-2-3-4-5-6-7-8-9-10-11-12-13-17-20-33(47)43-29(22-21-28-26-41-37(40)42-28)35(49)44-30(23-24-32(38)46)36(50)45-31(34(39)48)25-27-18-15-14-16-19-27;3-2(4,5)1(6)7/h14-16,18-19,26,29-31H,2-13,17,20-25H2,1H3,(H2,38,46)(H2,39,48)(H,43,47)(H,44,49)(H,45,50)(H3,40,41,42);(H,6,7)/t29-,30-,31-;/m0./s1. The zero-order chi connectivity index (χ0) is 42.6. The number of anilines is 1. The number of amides is 5. The number of aromatic nitrogens is 2. The highest BCUT2D eigenvalue weighted by Gasteiger charge is 2.38. The molecule has 0 aliphatic carbocycles. The highest BCUT2D eigenvalue weighted by molar-refractivity contribution is 5.94. The maximum atomic E-state index is 13.6. The van der Waals surface area contributed by atoms with Crippen LogP contribution in [0.4, 0.5) is 19.1 Å². The molecule has 1 aromatic carbocycles. The molecule has 18 heteroatoms. The third-order valence-corrected chi connectivity index (χ3v) is 9.01. The number of nitrogens with zero attached hydrogens (tertiary/aromatic N) is 1. The number of unbranched alkanes of at least 4 members (excludes halogenated alkanes) is 12. The smallest absolute Gasteiger partial charge is 0.475 e. The average Bonchev–Trinajstić information content (AvgIpc) is 3.57. The Morgan fingerprint density at radius 3 is 1.68 bits per heavy atom. The van der Waals surface area contributed by atoms with Gasteiger partial charge in [0.2, 0.25) is 29.5 Å². The molecule has 2 rings (SSSR count). The predicted octanol–water partition coefficient (Wildman–Crippen LogP) is 4.49. The summed E-state index contributed by atoms with van der Waals surface area (Å²) < 4.78 is 31.7. The van der Waals surface area contributed by atoms with E-state index in [2.05, 4.69) is 32.8 Å². The first-order valence-corrected chi connectivity index (χ1v) is 19.6. The van der Waals surface area contributed by atoms with Crippen molar-refractivity contribution in [3.05, 3.63) is 47.8 Å². The van der Waals surface area contributed by atoms with Crippen molar-refractivity contribution in [3.8, 4) is 0 Å². The van der Waals surface area contributed by atoms with E-state index in [-0.39, 0.29) is 44.0 Å². The largest absolute Gasteiger partial charge is 0.490 e. The lowest BCUT2D eigenvalue weighted by Crippen LogP contribution is -2.57. The Hall–Kier alpha value is -5.16. The van der Waals surface area contributed by atoms with Crippen molar-refractivity contribution in [1.29, 1.82) is 0 Å². The van der Waals surface area contributed by atoms with E-state index in [0.717, 1.165) is 24.8 Å². The second-order valence-electron chi connectivity index (χ2n) is 14.0. The van der Waals surface area contributed by atoms with E-state index in [1.165, 1.54) is 57.8 Å². The molecule has 0 bridgehead atoms. The minimum absolute atomic E-state index is 0.111. The first-order chi connectivity index (χ1) is 27.0. The van der Waals surface area contributed by atoms with Gasteiger partial charge < -0.3 is 43.2 Å². The molecular formula is C39H61F3N8O7. The molecule has 0 unspecified atom stereocenters. The van der Waals surface area contributed by atoms with Gasteiger partial charge in [-0.1, -0.05) is 114 Å². The summed E-state index contributed by atoms with van der Waals surface area (Å²) in [4.78, 5) is 79.6. The number of hydrogen-bond acceptors (Lipinski definition) is 8. The molecule has 3 atom stereocenters. The molecule has 1 aromatic heterocycles. The highest BCUT2D eigenvalue weighted by atomic mass is 19.4. The number of benzene rings is 1. The summed E-state index contributed by atoms with van der Waals surface area (Å²) in [6.07, 6.45) is 12.6. The Morgan fingerprint density at radius 2 is 1.23 bits per heavy atom. The second-order valence-corrected chi connectivity index (χ2v) is 14.0. The number of H-pyrrole nitrogens is 1. The van der Waals surface area contributed by atoms with Crippen LogP contribution in [0, 0.1) is 0 Å². The van der Waals surface area contributed by atoms with Crippen LogP contribution >= 0.6 is 0 Å². The number of carboxylic acid groups (broad SMARTS) is 1. The van der Waals surface area contributed by atoms with Crippen LogP contribution in [0.2, 0.25) is 0 Å². The Kier molecular flexibility index (Phi) is 24.7. The van der Waals surface area contributed by atoms with Gasteiger partial charge in [0.25, 0.3) is 0 Å². The molecule has 0 saturated heterocycles. The summed E-state index contributed by atoms with van der Waals surface area (Å²) in [5, 5.41) is 15.2. The second kappa shape index (κ2) is 28.3. The zero-order valence-electron chi connectivity index (χ0n) is 32.8. The van der Waals surface area contributed by atoms with Crippen LogP contribution in [0.5, 0.6) is 0 Å². The van der Waals surface area contributed by atoms with E-state index in [1.807, 2.05) is 6.07 Å². The number of halogens is 3. The van der Waals surface area contributed by atoms with Gasteiger partial charge in [0, 0.05) is 25.0 Å². The fourth-order valence-corrected chi connectivity index (χ4v) is 5.81. The molecule has 5 amide bonds. The van der Waals surface area contributed by atoms with Gasteiger partial charge in [0.15, 0.2) is 5.95 Å². The van der Waals surface area contributed by atoms with Crippen molar-refractivity contribution in [2.24, 2.45) is 11.5 Å². The summed E-state index contributed by atoms with van der Waals surface area (Å²) in [5.74, 6) is -5.52. The number of carboxylic acids is 1. The number of primary amides is 2. The normalized spacial score (nSPS) is 12.6. The van der Waals surface area contributed by atoms with Crippen LogP contribution in [0.25, 0.3) is 0 Å². The van der Waals surface area contributed by atoms with Crippen LogP contribution < -0.4 is 33.2 Å². The van der Waals surface area contributed by atoms with Gasteiger partial charge in [-0.2, -0.15) is 13.2 Å². The van der Waals surface area contributed by atoms with E-state index >= 15 is 0 Å². The van der Waals surface area contributed by atoms with Gasteiger partial charge in [0.05, 0.1) is 6.20 Å². The Morgan fingerprint density at radius 1 is 0.737 bits per heavy atom. The highest BCUT2D eigenvalue weighted by Crippen LogP contribution is 2.15. The van der Waals surface area contributed by atoms with E-state index in [1.54, 1.807) is 30.5 Å². The van der Waals surface area contributed by atoms with Gasteiger partial charge in [-0.15, -0.1) is 0 Å². The molecule has 0 fully saturated rings. The fourth-order valence-electron chi connectivity index (χ4n) is 5.81. The van der Waals surface area contributed by atoms with Crippen LogP contribution in [-0.4, -0.2) is 74.9 Å². The number of nitrogens with two attached hydrogens (primary N) is 3. The molecule has 0 aliphatic rings. The summed E-state index contributed by atoms with van der Waals surface area (Å²) in [7, 11) is 0. The molecule has 57 heavy (non-hydrogen) atoms. The number of rotatable bonds is 28. The van der Waals surface area contributed by atoms with Gasteiger partial charge in [0.1, 0.15) is 18.1 Å². The first-order valence-electron chi connectivity index (χ1n) is 19.6. The van der Waals surface area contributed by atoms with Crippen molar-refractivity contribution in [2.75, 3.05) is 5.73 Å².